The lowest BCUT2D eigenvalue weighted by Crippen LogP contribution is -2.29. The molecule has 0 spiro atoms. The number of halogens is 3. The third-order valence-corrected chi connectivity index (χ3v) is 4.37. The standard InChI is InChI=1S/C21H17F3N2O3/c22-21(23,24)20(29)25-16-4-1-3-14(13-16)6-11-18(27)15-7-9-17(10-8-15)26-12-2-5-19(26)28/h1,3-4,6-11,13H,2,5,12H2,(H,25,29)/b11-6+. The van der Waals surface area contributed by atoms with Gasteiger partial charge in [-0.25, -0.2) is 0 Å². The fraction of sp³-hybridized carbons (Fsp3) is 0.190. The first kappa shape index (κ1) is 20.3. The maximum Gasteiger partial charge on any atom is 0.471 e. The van der Waals surface area contributed by atoms with E-state index < -0.39 is 12.1 Å². The van der Waals surface area contributed by atoms with Crippen LogP contribution in [0.2, 0.25) is 0 Å². The number of amides is 2. The zero-order valence-electron chi connectivity index (χ0n) is 15.2. The highest BCUT2D eigenvalue weighted by molar-refractivity contribution is 6.07. The van der Waals surface area contributed by atoms with Crippen molar-refractivity contribution in [3.05, 3.63) is 65.7 Å². The number of hydrogen-bond acceptors (Lipinski definition) is 3. The van der Waals surface area contributed by atoms with Crippen molar-refractivity contribution in [3.63, 3.8) is 0 Å². The molecule has 0 aromatic heterocycles. The summed E-state index contributed by atoms with van der Waals surface area (Å²) in [4.78, 5) is 36.8. The Bertz CT molecular complexity index is 966. The molecule has 2 aromatic rings. The topological polar surface area (TPSA) is 66.5 Å². The molecular formula is C21H17F3N2O3. The molecule has 5 nitrogen and oxygen atoms in total. The van der Waals surface area contributed by atoms with Crippen LogP contribution in [0.25, 0.3) is 6.08 Å². The van der Waals surface area contributed by atoms with E-state index in [0.717, 1.165) is 12.1 Å². The Morgan fingerprint density at radius 3 is 2.41 bits per heavy atom. The van der Waals surface area contributed by atoms with Crippen molar-refractivity contribution in [1.82, 2.24) is 0 Å². The van der Waals surface area contributed by atoms with E-state index in [4.69, 9.17) is 0 Å². The molecule has 0 aliphatic carbocycles. The summed E-state index contributed by atoms with van der Waals surface area (Å²) in [5.41, 5.74) is 1.58. The average molecular weight is 402 g/mol. The van der Waals surface area contributed by atoms with Crippen LogP contribution in [-0.2, 0) is 9.59 Å². The molecule has 0 radical (unpaired) electrons. The minimum absolute atomic E-state index is 0.0263. The predicted octanol–water partition coefficient (Wildman–Crippen LogP) is 4.21. The zero-order valence-corrected chi connectivity index (χ0v) is 15.2. The Balaban J connectivity index is 1.67. The predicted molar refractivity (Wildman–Crippen MR) is 103 cm³/mol. The van der Waals surface area contributed by atoms with Gasteiger partial charge in [-0.2, -0.15) is 13.2 Å². The largest absolute Gasteiger partial charge is 0.471 e. The molecule has 0 bridgehead atoms. The monoisotopic (exact) mass is 402 g/mol. The molecule has 0 saturated carbocycles. The van der Waals surface area contributed by atoms with Crippen LogP contribution in [0.15, 0.2) is 54.6 Å². The molecule has 1 heterocycles. The van der Waals surface area contributed by atoms with Gasteiger partial charge in [-0.15, -0.1) is 0 Å². The van der Waals surface area contributed by atoms with Gasteiger partial charge < -0.3 is 10.2 Å². The van der Waals surface area contributed by atoms with Gasteiger partial charge in [0.05, 0.1) is 0 Å². The highest BCUT2D eigenvalue weighted by Crippen LogP contribution is 2.22. The maximum atomic E-state index is 12.3. The van der Waals surface area contributed by atoms with Gasteiger partial charge >= 0.3 is 12.1 Å². The van der Waals surface area contributed by atoms with Gasteiger partial charge in [0.2, 0.25) is 5.91 Å². The minimum Gasteiger partial charge on any atom is -0.318 e. The molecule has 2 amide bonds. The van der Waals surface area contributed by atoms with Gasteiger partial charge in [0.25, 0.3) is 0 Å². The van der Waals surface area contributed by atoms with Crippen LogP contribution < -0.4 is 10.2 Å². The van der Waals surface area contributed by atoms with E-state index in [-0.39, 0.29) is 17.4 Å². The summed E-state index contributed by atoms with van der Waals surface area (Å²) in [6.45, 7) is 0.660. The summed E-state index contributed by atoms with van der Waals surface area (Å²) >= 11 is 0. The molecular weight excluding hydrogens is 385 g/mol. The molecule has 3 rings (SSSR count). The molecule has 2 aromatic carbocycles. The van der Waals surface area contributed by atoms with E-state index in [2.05, 4.69) is 0 Å². The fourth-order valence-electron chi connectivity index (χ4n) is 2.92. The molecule has 8 heteroatoms. The molecule has 1 aliphatic heterocycles. The molecule has 0 atom stereocenters. The van der Waals surface area contributed by atoms with Gasteiger partial charge in [-0.05, 0) is 54.5 Å². The van der Waals surface area contributed by atoms with Crippen molar-refractivity contribution >= 4 is 35.0 Å². The smallest absolute Gasteiger partial charge is 0.318 e. The van der Waals surface area contributed by atoms with Crippen molar-refractivity contribution in [1.29, 1.82) is 0 Å². The Morgan fingerprint density at radius 1 is 1.07 bits per heavy atom. The van der Waals surface area contributed by atoms with Crippen molar-refractivity contribution in [2.45, 2.75) is 19.0 Å². The third kappa shape index (κ3) is 5.10. The lowest BCUT2D eigenvalue weighted by molar-refractivity contribution is -0.167. The second kappa shape index (κ2) is 8.30. The third-order valence-electron chi connectivity index (χ3n) is 4.37. The van der Waals surface area contributed by atoms with E-state index >= 15 is 0 Å². The fourth-order valence-corrected chi connectivity index (χ4v) is 2.92. The van der Waals surface area contributed by atoms with E-state index in [0.29, 0.717) is 24.1 Å². The number of allylic oxidation sites excluding steroid dienone is 1. The molecule has 150 valence electrons. The second-order valence-corrected chi connectivity index (χ2v) is 6.47. The number of nitrogens with zero attached hydrogens (tertiary/aromatic N) is 1. The quantitative estimate of drug-likeness (QED) is 0.602. The van der Waals surface area contributed by atoms with Crippen molar-refractivity contribution in [3.8, 4) is 0 Å². The molecule has 29 heavy (non-hydrogen) atoms. The number of anilines is 2. The van der Waals surface area contributed by atoms with Crippen LogP contribution in [0, 0.1) is 0 Å². The van der Waals surface area contributed by atoms with Crippen LogP contribution in [0.5, 0.6) is 0 Å². The summed E-state index contributed by atoms with van der Waals surface area (Å²) in [6, 6.07) is 12.4. The van der Waals surface area contributed by atoms with Crippen molar-refractivity contribution < 1.29 is 27.6 Å². The van der Waals surface area contributed by atoms with Gasteiger partial charge in [0.15, 0.2) is 5.78 Å². The van der Waals surface area contributed by atoms with Crippen LogP contribution in [0.3, 0.4) is 0 Å². The number of rotatable bonds is 5. The summed E-state index contributed by atoms with van der Waals surface area (Å²) in [7, 11) is 0. The highest BCUT2D eigenvalue weighted by Gasteiger charge is 2.38. The average Bonchev–Trinajstić information content (AvgIpc) is 3.12. The van der Waals surface area contributed by atoms with Gasteiger partial charge in [-0.3, -0.25) is 14.4 Å². The van der Waals surface area contributed by atoms with Crippen LogP contribution in [-0.4, -0.2) is 30.3 Å². The first-order chi connectivity index (χ1) is 13.7. The van der Waals surface area contributed by atoms with Crippen molar-refractivity contribution in [2.75, 3.05) is 16.8 Å². The SMILES string of the molecule is O=C(/C=C/c1cccc(NC(=O)C(F)(F)F)c1)c1ccc(N2CCCC2=O)cc1. The van der Waals surface area contributed by atoms with E-state index in [1.165, 1.54) is 30.4 Å². The molecule has 1 saturated heterocycles. The molecule has 1 N–H and O–H groups in total. The molecule has 1 aliphatic rings. The van der Waals surface area contributed by atoms with Crippen LogP contribution in [0.1, 0.15) is 28.8 Å². The van der Waals surface area contributed by atoms with E-state index in [1.54, 1.807) is 40.5 Å². The normalized spacial score (nSPS) is 14.4. The number of benzene rings is 2. The van der Waals surface area contributed by atoms with Gasteiger partial charge in [-0.1, -0.05) is 18.2 Å². The highest BCUT2D eigenvalue weighted by atomic mass is 19.4. The maximum absolute atomic E-state index is 12.3. The Kier molecular flexibility index (Phi) is 5.81. The summed E-state index contributed by atoms with van der Waals surface area (Å²) < 4.78 is 37.0. The summed E-state index contributed by atoms with van der Waals surface area (Å²) in [5, 5.41) is 1.76. The van der Waals surface area contributed by atoms with Crippen LogP contribution in [0.4, 0.5) is 24.5 Å². The van der Waals surface area contributed by atoms with Gasteiger partial charge in [0.1, 0.15) is 0 Å². The minimum atomic E-state index is -4.98. The van der Waals surface area contributed by atoms with E-state index in [9.17, 15) is 27.6 Å². The zero-order chi connectivity index (χ0) is 21.0. The lowest BCUT2D eigenvalue weighted by atomic mass is 10.1. The molecule has 0 unspecified atom stereocenters. The number of alkyl halides is 3. The number of carbonyl (C=O) groups excluding carboxylic acids is 3. The summed E-state index contributed by atoms with van der Waals surface area (Å²) in [5.74, 6) is -2.30. The van der Waals surface area contributed by atoms with Crippen LogP contribution >= 0.6 is 0 Å². The van der Waals surface area contributed by atoms with E-state index in [1.807, 2.05) is 0 Å². The number of ketones is 1. The Morgan fingerprint density at radius 2 is 1.79 bits per heavy atom. The second-order valence-electron chi connectivity index (χ2n) is 6.47. The lowest BCUT2D eigenvalue weighted by Gasteiger charge is -2.15. The number of hydrogen-bond donors (Lipinski definition) is 1. The number of carbonyl (C=O) groups is 3. The Hall–Kier alpha value is -3.42. The first-order valence-corrected chi connectivity index (χ1v) is 8.85. The molecule has 1 fully saturated rings. The number of nitrogens with one attached hydrogen (secondary N) is 1. The summed E-state index contributed by atoms with van der Waals surface area (Å²) in [6.07, 6.45) is -0.908. The Labute approximate surface area is 164 Å². The van der Waals surface area contributed by atoms with Crippen molar-refractivity contribution in [2.24, 2.45) is 0 Å². The van der Waals surface area contributed by atoms with Gasteiger partial charge in [0, 0.05) is 29.9 Å². The first-order valence-electron chi connectivity index (χ1n) is 8.85.